The van der Waals surface area contributed by atoms with Crippen LogP contribution in [0.4, 0.5) is 0 Å². The second kappa shape index (κ2) is 6.62. The van der Waals surface area contributed by atoms with Gasteiger partial charge in [0.1, 0.15) is 5.75 Å². The standard InChI is InChI=1S/C18H31NO/c1-14-8-9-16(15(12-14)17(2,3)4)20-11-7-10-18(5,6)13-19/h8-9,12H,7,10-11,13,19H2,1-6H3. The lowest BCUT2D eigenvalue weighted by Gasteiger charge is -2.25. The van der Waals surface area contributed by atoms with Crippen molar-refractivity contribution in [1.29, 1.82) is 0 Å². The van der Waals surface area contributed by atoms with Crippen LogP contribution in [-0.2, 0) is 5.41 Å². The molecule has 2 N–H and O–H groups in total. The SMILES string of the molecule is Cc1ccc(OCCCC(C)(C)CN)c(C(C)(C)C)c1. The highest BCUT2D eigenvalue weighted by molar-refractivity contribution is 5.41. The number of aryl methyl sites for hydroxylation is 1. The Bertz CT molecular complexity index is 430. The van der Waals surface area contributed by atoms with Gasteiger partial charge >= 0.3 is 0 Å². The minimum atomic E-state index is 0.109. The van der Waals surface area contributed by atoms with Crippen LogP contribution in [0.2, 0.25) is 0 Å². The fourth-order valence-corrected chi connectivity index (χ4v) is 2.19. The highest BCUT2D eigenvalue weighted by Gasteiger charge is 2.19. The summed E-state index contributed by atoms with van der Waals surface area (Å²) in [4.78, 5) is 0. The van der Waals surface area contributed by atoms with Crippen LogP contribution in [0, 0.1) is 12.3 Å². The molecular formula is C18H31NO. The van der Waals surface area contributed by atoms with Gasteiger partial charge in [-0.25, -0.2) is 0 Å². The van der Waals surface area contributed by atoms with Crippen LogP contribution in [0.3, 0.4) is 0 Å². The summed E-state index contributed by atoms with van der Waals surface area (Å²) in [6.07, 6.45) is 2.14. The first-order chi connectivity index (χ1) is 9.15. The van der Waals surface area contributed by atoms with Crippen molar-refractivity contribution in [3.8, 4) is 5.75 Å². The number of hydrogen-bond donors (Lipinski definition) is 1. The van der Waals surface area contributed by atoms with Crippen LogP contribution in [0.15, 0.2) is 18.2 Å². The number of rotatable bonds is 6. The lowest BCUT2D eigenvalue weighted by molar-refractivity contribution is 0.257. The zero-order chi connectivity index (χ0) is 15.4. The normalized spacial score (nSPS) is 12.6. The largest absolute Gasteiger partial charge is 0.493 e. The van der Waals surface area contributed by atoms with Crippen molar-refractivity contribution in [2.75, 3.05) is 13.2 Å². The molecule has 114 valence electrons. The van der Waals surface area contributed by atoms with E-state index in [2.05, 4.69) is 59.7 Å². The zero-order valence-corrected chi connectivity index (χ0v) is 14.0. The molecule has 2 nitrogen and oxygen atoms in total. The van der Waals surface area contributed by atoms with Gasteiger partial charge in [0.15, 0.2) is 0 Å². The molecule has 20 heavy (non-hydrogen) atoms. The molecule has 1 rings (SSSR count). The number of nitrogens with two attached hydrogens (primary N) is 1. The molecule has 1 aromatic carbocycles. The van der Waals surface area contributed by atoms with Gasteiger partial charge < -0.3 is 10.5 Å². The van der Waals surface area contributed by atoms with Crippen molar-refractivity contribution in [3.05, 3.63) is 29.3 Å². The average molecular weight is 277 g/mol. The Kier molecular flexibility index (Phi) is 5.64. The summed E-state index contributed by atoms with van der Waals surface area (Å²) in [6.45, 7) is 14.7. The molecule has 0 amide bonds. The van der Waals surface area contributed by atoms with Crippen LogP contribution >= 0.6 is 0 Å². The maximum Gasteiger partial charge on any atom is 0.123 e. The molecule has 0 aliphatic carbocycles. The fraction of sp³-hybridized carbons (Fsp3) is 0.667. The van der Waals surface area contributed by atoms with Gasteiger partial charge in [-0.05, 0) is 48.8 Å². The molecule has 0 aliphatic rings. The van der Waals surface area contributed by atoms with Gasteiger partial charge in [-0.3, -0.25) is 0 Å². The first kappa shape index (κ1) is 17.0. The van der Waals surface area contributed by atoms with Gasteiger partial charge in [0, 0.05) is 0 Å². The van der Waals surface area contributed by atoms with Crippen LogP contribution in [0.25, 0.3) is 0 Å². The Balaban J connectivity index is 2.65. The minimum Gasteiger partial charge on any atom is -0.493 e. The van der Waals surface area contributed by atoms with Crippen LogP contribution < -0.4 is 10.5 Å². The van der Waals surface area contributed by atoms with E-state index in [0.717, 1.165) is 31.7 Å². The molecule has 0 radical (unpaired) electrons. The van der Waals surface area contributed by atoms with Crippen LogP contribution in [0.1, 0.15) is 58.6 Å². The molecule has 0 aliphatic heterocycles. The van der Waals surface area contributed by atoms with Crippen molar-refractivity contribution >= 4 is 0 Å². The van der Waals surface area contributed by atoms with E-state index in [1.807, 2.05) is 0 Å². The van der Waals surface area contributed by atoms with Gasteiger partial charge in [-0.2, -0.15) is 0 Å². The Labute approximate surface area is 124 Å². The second-order valence-electron chi connectivity index (χ2n) is 7.57. The maximum atomic E-state index is 6.02. The third-order valence-electron chi connectivity index (χ3n) is 3.75. The molecule has 0 unspecified atom stereocenters. The average Bonchev–Trinajstić information content (AvgIpc) is 2.35. The predicted molar refractivity (Wildman–Crippen MR) is 87.4 cm³/mol. The van der Waals surface area contributed by atoms with Crippen molar-refractivity contribution in [3.63, 3.8) is 0 Å². The summed E-state index contributed by atoms with van der Waals surface area (Å²) in [5.41, 5.74) is 8.65. The van der Waals surface area contributed by atoms with Gasteiger partial charge in [-0.15, -0.1) is 0 Å². The first-order valence-electron chi connectivity index (χ1n) is 7.60. The molecule has 2 heteroatoms. The minimum absolute atomic E-state index is 0.109. The molecule has 0 spiro atoms. The zero-order valence-electron chi connectivity index (χ0n) is 14.0. The third-order valence-corrected chi connectivity index (χ3v) is 3.75. The van der Waals surface area contributed by atoms with Crippen LogP contribution in [0.5, 0.6) is 5.75 Å². The van der Waals surface area contributed by atoms with Gasteiger partial charge in [0.2, 0.25) is 0 Å². The Morgan fingerprint density at radius 1 is 1.10 bits per heavy atom. The Hall–Kier alpha value is -1.02. The molecule has 0 saturated heterocycles. The van der Waals surface area contributed by atoms with E-state index in [1.165, 1.54) is 11.1 Å². The van der Waals surface area contributed by atoms with E-state index in [0.29, 0.717) is 0 Å². The molecule has 0 fully saturated rings. The summed E-state index contributed by atoms with van der Waals surface area (Å²) in [5.74, 6) is 1.02. The number of benzene rings is 1. The van der Waals surface area contributed by atoms with E-state index in [1.54, 1.807) is 0 Å². The molecule has 0 heterocycles. The highest BCUT2D eigenvalue weighted by Crippen LogP contribution is 2.32. The molecule has 1 aromatic rings. The molecule has 0 atom stereocenters. The molecule has 0 aromatic heterocycles. The summed E-state index contributed by atoms with van der Waals surface area (Å²) < 4.78 is 6.02. The topological polar surface area (TPSA) is 35.2 Å². The summed E-state index contributed by atoms with van der Waals surface area (Å²) in [6, 6.07) is 6.46. The quantitative estimate of drug-likeness (QED) is 0.780. The van der Waals surface area contributed by atoms with E-state index in [-0.39, 0.29) is 10.8 Å². The predicted octanol–water partition coefficient (Wildman–Crippen LogP) is 4.44. The third kappa shape index (κ3) is 5.16. The Morgan fingerprint density at radius 3 is 2.30 bits per heavy atom. The van der Waals surface area contributed by atoms with Crippen molar-refractivity contribution in [1.82, 2.24) is 0 Å². The smallest absolute Gasteiger partial charge is 0.123 e. The lowest BCUT2D eigenvalue weighted by atomic mass is 9.85. The second-order valence-corrected chi connectivity index (χ2v) is 7.57. The summed E-state index contributed by atoms with van der Waals surface area (Å²) >= 11 is 0. The highest BCUT2D eigenvalue weighted by atomic mass is 16.5. The first-order valence-corrected chi connectivity index (χ1v) is 7.60. The lowest BCUT2D eigenvalue weighted by Crippen LogP contribution is -2.24. The van der Waals surface area contributed by atoms with Crippen LogP contribution in [-0.4, -0.2) is 13.2 Å². The van der Waals surface area contributed by atoms with E-state index < -0.39 is 0 Å². The maximum absolute atomic E-state index is 6.02. The molecule has 0 bridgehead atoms. The van der Waals surface area contributed by atoms with Crippen molar-refractivity contribution < 1.29 is 4.74 Å². The molecule has 0 saturated carbocycles. The molecular weight excluding hydrogens is 246 g/mol. The number of ether oxygens (including phenoxy) is 1. The Morgan fingerprint density at radius 2 is 1.75 bits per heavy atom. The summed E-state index contributed by atoms with van der Waals surface area (Å²) in [7, 11) is 0. The van der Waals surface area contributed by atoms with E-state index in [9.17, 15) is 0 Å². The summed E-state index contributed by atoms with van der Waals surface area (Å²) in [5, 5.41) is 0. The number of hydrogen-bond acceptors (Lipinski definition) is 2. The monoisotopic (exact) mass is 277 g/mol. The van der Waals surface area contributed by atoms with Crippen molar-refractivity contribution in [2.24, 2.45) is 11.1 Å². The van der Waals surface area contributed by atoms with Crippen molar-refractivity contribution in [2.45, 2.75) is 59.8 Å². The van der Waals surface area contributed by atoms with E-state index >= 15 is 0 Å². The van der Waals surface area contributed by atoms with E-state index in [4.69, 9.17) is 10.5 Å². The van der Waals surface area contributed by atoms with Gasteiger partial charge in [0.25, 0.3) is 0 Å². The fourth-order valence-electron chi connectivity index (χ4n) is 2.19. The van der Waals surface area contributed by atoms with Gasteiger partial charge in [-0.1, -0.05) is 52.3 Å². The van der Waals surface area contributed by atoms with Gasteiger partial charge in [0.05, 0.1) is 6.61 Å².